The Hall–Kier alpha value is -4.57. The summed E-state index contributed by atoms with van der Waals surface area (Å²) in [6.45, 7) is 0.195. The molecule has 0 atom stereocenters. The minimum absolute atomic E-state index is 0.195. The van der Waals surface area contributed by atoms with E-state index in [0.717, 1.165) is 38.6 Å². The van der Waals surface area contributed by atoms with Gasteiger partial charge in [0.1, 0.15) is 6.61 Å². The highest BCUT2D eigenvalue weighted by Crippen LogP contribution is 2.40. The first-order valence-corrected chi connectivity index (χ1v) is 11.1. The standard InChI is InChI=1S/C30H24N2O2/c31-27-17-15-23-13-7-8-14-25(23)29(27)26-19-24(22-11-5-2-6-12-22)16-18-28(26)32-30(33)34-20-21-9-3-1-4-10-21/h1-19H,20,31H2,(H,32,33). The van der Waals surface area contributed by atoms with Crippen molar-refractivity contribution in [1.29, 1.82) is 0 Å². The molecule has 0 fully saturated rings. The van der Waals surface area contributed by atoms with E-state index in [0.29, 0.717) is 11.4 Å². The highest BCUT2D eigenvalue weighted by atomic mass is 16.5. The van der Waals surface area contributed by atoms with Gasteiger partial charge < -0.3 is 10.5 Å². The lowest BCUT2D eigenvalue weighted by Gasteiger charge is -2.17. The van der Waals surface area contributed by atoms with Gasteiger partial charge in [0.25, 0.3) is 0 Å². The van der Waals surface area contributed by atoms with E-state index in [-0.39, 0.29) is 6.61 Å². The van der Waals surface area contributed by atoms with Crippen LogP contribution in [0.1, 0.15) is 5.56 Å². The van der Waals surface area contributed by atoms with Crippen LogP contribution >= 0.6 is 0 Å². The molecule has 0 aliphatic heterocycles. The molecular formula is C30H24N2O2. The molecule has 5 rings (SSSR count). The first-order valence-electron chi connectivity index (χ1n) is 11.1. The third-order valence-corrected chi connectivity index (χ3v) is 5.81. The zero-order valence-corrected chi connectivity index (χ0v) is 18.6. The van der Waals surface area contributed by atoms with E-state index in [2.05, 4.69) is 29.6 Å². The Bertz CT molecular complexity index is 1450. The van der Waals surface area contributed by atoms with Crippen molar-refractivity contribution in [3.8, 4) is 22.3 Å². The Kier molecular flexibility index (Phi) is 5.95. The lowest BCUT2D eigenvalue weighted by Crippen LogP contribution is -2.14. The minimum atomic E-state index is -0.517. The molecular weight excluding hydrogens is 420 g/mol. The van der Waals surface area contributed by atoms with Crippen LogP contribution in [0.15, 0.2) is 115 Å². The fourth-order valence-electron chi connectivity index (χ4n) is 4.13. The maximum absolute atomic E-state index is 12.7. The third kappa shape index (κ3) is 4.48. The number of rotatable bonds is 5. The molecule has 0 radical (unpaired) electrons. The van der Waals surface area contributed by atoms with E-state index in [4.69, 9.17) is 10.5 Å². The van der Waals surface area contributed by atoms with Gasteiger partial charge in [0.05, 0.1) is 5.69 Å². The van der Waals surface area contributed by atoms with Crippen molar-refractivity contribution in [3.05, 3.63) is 121 Å². The van der Waals surface area contributed by atoms with Gasteiger partial charge in [0.15, 0.2) is 0 Å². The Labute approximate surface area is 198 Å². The molecule has 0 unspecified atom stereocenters. The predicted molar refractivity (Wildman–Crippen MR) is 139 cm³/mol. The summed E-state index contributed by atoms with van der Waals surface area (Å²) in [6.07, 6.45) is -0.517. The molecule has 166 valence electrons. The van der Waals surface area contributed by atoms with Crippen LogP contribution in [0.2, 0.25) is 0 Å². The highest BCUT2D eigenvalue weighted by molar-refractivity contribution is 6.07. The molecule has 4 nitrogen and oxygen atoms in total. The lowest BCUT2D eigenvalue weighted by atomic mass is 9.92. The lowest BCUT2D eigenvalue weighted by molar-refractivity contribution is 0.155. The van der Waals surface area contributed by atoms with Gasteiger partial charge in [-0.15, -0.1) is 0 Å². The average Bonchev–Trinajstić information content (AvgIpc) is 2.89. The van der Waals surface area contributed by atoms with Crippen LogP contribution in [-0.4, -0.2) is 6.09 Å². The van der Waals surface area contributed by atoms with Gasteiger partial charge in [-0.3, -0.25) is 5.32 Å². The van der Waals surface area contributed by atoms with Gasteiger partial charge >= 0.3 is 6.09 Å². The normalized spacial score (nSPS) is 10.7. The second kappa shape index (κ2) is 9.51. The summed E-state index contributed by atoms with van der Waals surface area (Å²) in [6, 6.07) is 37.7. The molecule has 0 aliphatic carbocycles. The topological polar surface area (TPSA) is 64.3 Å². The van der Waals surface area contributed by atoms with Crippen molar-refractivity contribution in [1.82, 2.24) is 0 Å². The molecule has 0 saturated heterocycles. The van der Waals surface area contributed by atoms with Gasteiger partial charge in [0.2, 0.25) is 0 Å². The zero-order chi connectivity index (χ0) is 23.3. The maximum atomic E-state index is 12.7. The van der Waals surface area contributed by atoms with E-state index >= 15 is 0 Å². The number of carbonyl (C=O) groups excluding carboxylic acids is 1. The number of amides is 1. The number of nitrogens with one attached hydrogen (secondary N) is 1. The smallest absolute Gasteiger partial charge is 0.411 e. The van der Waals surface area contributed by atoms with Crippen molar-refractivity contribution < 1.29 is 9.53 Å². The van der Waals surface area contributed by atoms with Gasteiger partial charge in [-0.1, -0.05) is 97.1 Å². The molecule has 5 aromatic rings. The number of anilines is 2. The molecule has 0 bridgehead atoms. The number of carbonyl (C=O) groups is 1. The second-order valence-electron chi connectivity index (χ2n) is 8.06. The molecule has 0 saturated carbocycles. The zero-order valence-electron chi connectivity index (χ0n) is 18.6. The number of hydrogen-bond acceptors (Lipinski definition) is 3. The van der Waals surface area contributed by atoms with E-state index in [1.54, 1.807) is 0 Å². The molecule has 5 aromatic carbocycles. The molecule has 34 heavy (non-hydrogen) atoms. The Morgan fingerprint density at radius 2 is 1.44 bits per heavy atom. The van der Waals surface area contributed by atoms with E-state index in [1.165, 1.54) is 0 Å². The van der Waals surface area contributed by atoms with E-state index in [1.807, 2.05) is 91.0 Å². The average molecular weight is 445 g/mol. The molecule has 0 aliphatic rings. The van der Waals surface area contributed by atoms with Crippen molar-refractivity contribution in [2.24, 2.45) is 0 Å². The Morgan fingerprint density at radius 1 is 0.735 bits per heavy atom. The molecule has 0 heterocycles. The van der Waals surface area contributed by atoms with E-state index < -0.39 is 6.09 Å². The van der Waals surface area contributed by atoms with Crippen LogP contribution in [0.4, 0.5) is 16.2 Å². The Morgan fingerprint density at radius 3 is 2.24 bits per heavy atom. The largest absolute Gasteiger partial charge is 0.444 e. The van der Waals surface area contributed by atoms with Crippen molar-refractivity contribution >= 4 is 28.2 Å². The minimum Gasteiger partial charge on any atom is -0.444 e. The summed E-state index contributed by atoms with van der Waals surface area (Å²) in [5.41, 5.74) is 12.5. The van der Waals surface area contributed by atoms with Crippen LogP contribution in [-0.2, 0) is 11.3 Å². The number of fused-ring (bicyclic) bond motifs is 1. The second-order valence-corrected chi connectivity index (χ2v) is 8.06. The summed E-state index contributed by atoms with van der Waals surface area (Å²) in [7, 11) is 0. The number of benzene rings is 5. The fraction of sp³-hybridized carbons (Fsp3) is 0.0333. The van der Waals surface area contributed by atoms with Crippen LogP contribution < -0.4 is 11.1 Å². The van der Waals surface area contributed by atoms with Gasteiger partial charge in [-0.05, 0) is 45.7 Å². The van der Waals surface area contributed by atoms with Crippen molar-refractivity contribution in [3.63, 3.8) is 0 Å². The predicted octanol–water partition coefficient (Wildman–Crippen LogP) is 7.50. The van der Waals surface area contributed by atoms with Crippen molar-refractivity contribution in [2.45, 2.75) is 6.61 Å². The van der Waals surface area contributed by atoms with Crippen LogP contribution in [0.3, 0.4) is 0 Å². The van der Waals surface area contributed by atoms with Gasteiger partial charge in [-0.2, -0.15) is 0 Å². The van der Waals surface area contributed by atoms with E-state index in [9.17, 15) is 4.79 Å². The highest BCUT2D eigenvalue weighted by Gasteiger charge is 2.16. The SMILES string of the molecule is Nc1ccc2ccccc2c1-c1cc(-c2ccccc2)ccc1NC(=O)OCc1ccccc1. The number of nitrogens with two attached hydrogens (primary N) is 1. The number of ether oxygens (including phenoxy) is 1. The number of nitrogen functional groups attached to an aromatic ring is 1. The van der Waals surface area contributed by atoms with Gasteiger partial charge in [-0.25, -0.2) is 4.79 Å². The Balaban J connectivity index is 1.56. The van der Waals surface area contributed by atoms with Crippen LogP contribution in [0, 0.1) is 0 Å². The third-order valence-electron chi connectivity index (χ3n) is 5.81. The first-order chi connectivity index (χ1) is 16.7. The van der Waals surface area contributed by atoms with Gasteiger partial charge in [0, 0.05) is 16.8 Å². The molecule has 0 spiro atoms. The quantitative estimate of drug-likeness (QED) is 0.276. The van der Waals surface area contributed by atoms with Crippen molar-refractivity contribution in [2.75, 3.05) is 11.1 Å². The molecule has 3 N–H and O–H groups in total. The molecule has 0 aromatic heterocycles. The number of hydrogen-bond donors (Lipinski definition) is 2. The molecule has 1 amide bonds. The van der Waals surface area contributed by atoms with Crippen LogP contribution in [0.25, 0.3) is 33.0 Å². The summed E-state index contributed by atoms with van der Waals surface area (Å²) in [5, 5.41) is 5.03. The summed E-state index contributed by atoms with van der Waals surface area (Å²) >= 11 is 0. The summed E-state index contributed by atoms with van der Waals surface area (Å²) in [4.78, 5) is 12.7. The summed E-state index contributed by atoms with van der Waals surface area (Å²) in [5.74, 6) is 0. The monoisotopic (exact) mass is 444 g/mol. The molecule has 4 heteroatoms. The van der Waals surface area contributed by atoms with Crippen LogP contribution in [0.5, 0.6) is 0 Å². The first kappa shape index (κ1) is 21.3. The summed E-state index contributed by atoms with van der Waals surface area (Å²) < 4.78 is 5.47. The maximum Gasteiger partial charge on any atom is 0.411 e. The fourth-order valence-corrected chi connectivity index (χ4v) is 4.13.